The van der Waals surface area contributed by atoms with Gasteiger partial charge >= 0.3 is 5.97 Å². The Morgan fingerprint density at radius 1 is 1.14 bits per heavy atom. The molecule has 0 aliphatic carbocycles. The van der Waals surface area contributed by atoms with Gasteiger partial charge in [-0.1, -0.05) is 13.8 Å². The average Bonchev–Trinajstić information content (AvgIpc) is 2.36. The summed E-state index contributed by atoms with van der Waals surface area (Å²) in [6.45, 7) is 5.37. The van der Waals surface area contributed by atoms with Crippen molar-refractivity contribution < 1.29 is 23.9 Å². The van der Waals surface area contributed by atoms with Crippen molar-refractivity contribution in [3.63, 3.8) is 0 Å². The number of amides is 2. The van der Waals surface area contributed by atoms with Gasteiger partial charge in [-0.15, -0.1) is 0 Å². The van der Waals surface area contributed by atoms with E-state index in [2.05, 4.69) is 15.4 Å². The van der Waals surface area contributed by atoms with Crippen molar-refractivity contribution in [2.24, 2.45) is 5.92 Å². The zero-order valence-corrected chi connectivity index (χ0v) is 13.0. The number of ketones is 1. The largest absolute Gasteiger partial charge is 0.469 e. The van der Waals surface area contributed by atoms with Crippen molar-refractivity contribution in [1.29, 1.82) is 0 Å². The van der Waals surface area contributed by atoms with Crippen LogP contribution in [0.1, 0.15) is 40.0 Å². The lowest BCUT2D eigenvalue weighted by Crippen LogP contribution is -2.47. The van der Waals surface area contributed by atoms with Crippen LogP contribution in [-0.2, 0) is 23.9 Å². The van der Waals surface area contributed by atoms with Crippen molar-refractivity contribution in [3.8, 4) is 0 Å². The molecule has 0 aliphatic heterocycles. The first-order chi connectivity index (χ1) is 9.76. The predicted octanol–water partition coefficient (Wildman–Crippen LogP) is 0.176. The van der Waals surface area contributed by atoms with Crippen LogP contribution in [0.15, 0.2) is 0 Å². The second kappa shape index (κ2) is 9.90. The Kier molecular flexibility index (Phi) is 9.00. The minimum Gasteiger partial charge on any atom is -0.469 e. The molecule has 120 valence electrons. The Hall–Kier alpha value is -1.92. The zero-order valence-electron chi connectivity index (χ0n) is 13.0. The molecule has 7 heteroatoms. The quantitative estimate of drug-likeness (QED) is 0.467. The van der Waals surface area contributed by atoms with Crippen LogP contribution in [0.25, 0.3) is 0 Å². The van der Waals surface area contributed by atoms with E-state index in [1.54, 1.807) is 0 Å². The highest BCUT2D eigenvalue weighted by molar-refractivity contribution is 5.95. The van der Waals surface area contributed by atoms with Gasteiger partial charge in [-0.2, -0.15) is 0 Å². The Morgan fingerprint density at radius 2 is 1.76 bits per heavy atom. The van der Waals surface area contributed by atoms with E-state index in [-0.39, 0.29) is 42.9 Å². The van der Waals surface area contributed by atoms with Gasteiger partial charge in [0.05, 0.1) is 7.11 Å². The van der Waals surface area contributed by atoms with Gasteiger partial charge in [-0.05, 0) is 12.3 Å². The lowest BCUT2D eigenvalue weighted by atomic mass is 10.0. The summed E-state index contributed by atoms with van der Waals surface area (Å²) in [7, 11) is 1.21. The van der Waals surface area contributed by atoms with Crippen LogP contribution in [0.2, 0.25) is 0 Å². The van der Waals surface area contributed by atoms with Gasteiger partial charge in [0.25, 0.3) is 0 Å². The van der Waals surface area contributed by atoms with Crippen LogP contribution in [-0.4, -0.2) is 43.3 Å². The molecule has 0 aromatic heterocycles. The highest BCUT2D eigenvalue weighted by Crippen LogP contribution is 2.05. The molecule has 0 saturated carbocycles. The lowest BCUT2D eigenvalue weighted by Gasteiger charge is -2.19. The van der Waals surface area contributed by atoms with Gasteiger partial charge < -0.3 is 15.4 Å². The van der Waals surface area contributed by atoms with Crippen LogP contribution in [0.4, 0.5) is 0 Å². The number of nitrogens with one attached hydrogen (secondary N) is 2. The molecular weight excluding hydrogens is 276 g/mol. The highest BCUT2D eigenvalue weighted by atomic mass is 16.5. The molecule has 0 aromatic rings. The van der Waals surface area contributed by atoms with Crippen LogP contribution >= 0.6 is 0 Å². The summed E-state index contributed by atoms with van der Waals surface area (Å²) in [5, 5.41) is 5.17. The van der Waals surface area contributed by atoms with Gasteiger partial charge in [-0.3, -0.25) is 19.2 Å². The Labute approximate surface area is 124 Å². The van der Waals surface area contributed by atoms with Crippen LogP contribution in [0.5, 0.6) is 0 Å². The van der Waals surface area contributed by atoms with Crippen LogP contribution in [0, 0.1) is 5.92 Å². The molecule has 2 N–H and O–H groups in total. The summed E-state index contributed by atoms with van der Waals surface area (Å²) in [4.78, 5) is 45.3. The van der Waals surface area contributed by atoms with E-state index in [0.29, 0.717) is 6.42 Å². The average molecular weight is 300 g/mol. The standard InChI is InChI=1S/C14H24N2O5/c1-9(2)7-12(16-10(3)17)14(20)15-6-5-11(18)8-13(19)21-4/h9,12H,5-8H2,1-4H3,(H,15,20)(H,16,17)/t12-/m0/s1. The fourth-order valence-corrected chi connectivity index (χ4v) is 1.72. The van der Waals surface area contributed by atoms with E-state index in [1.165, 1.54) is 14.0 Å². The molecule has 7 nitrogen and oxygen atoms in total. The number of rotatable bonds is 9. The fraction of sp³-hybridized carbons (Fsp3) is 0.714. The summed E-state index contributed by atoms with van der Waals surface area (Å²) in [5.41, 5.74) is 0. The molecule has 0 radical (unpaired) electrons. The third-order valence-corrected chi connectivity index (χ3v) is 2.67. The van der Waals surface area contributed by atoms with Crippen molar-refractivity contribution in [1.82, 2.24) is 10.6 Å². The molecule has 0 aliphatic rings. The van der Waals surface area contributed by atoms with E-state index in [4.69, 9.17) is 0 Å². The fourth-order valence-electron chi connectivity index (χ4n) is 1.72. The van der Waals surface area contributed by atoms with Crippen molar-refractivity contribution in [2.75, 3.05) is 13.7 Å². The van der Waals surface area contributed by atoms with E-state index >= 15 is 0 Å². The number of ether oxygens (including phenoxy) is 1. The minimum atomic E-state index is -0.613. The van der Waals surface area contributed by atoms with Gasteiger partial charge in [0, 0.05) is 19.9 Å². The molecular formula is C14H24N2O5. The van der Waals surface area contributed by atoms with Gasteiger partial charge in [0.15, 0.2) is 0 Å². The Balaban J connectivity index is 4.21. The maximum absolute atomic E-state index is 11.9. The van der Waals surface area contributed by atoms with E-state index in [1.807, 2.05) is 13.8 Å². The lowest BCUT2D eigenvalue weighted by molar-refractivity contribution is -0.143. The molecule has 0 unspecified atom stereocenters. The first kappa shape index (κ1) is 19.1. The first-order valence-corrected chi connectivity index (χ1v) is 6.89. The first-order valence-electron chi connectivity index (χ1n) is 6.89. The Morgan fingerprint density at radius 3 is 2.24 bits per heavy atom. The summed E-state index contributed by atoms with van der Waals surface area (Å²) in [6, 6.07) is -0.613. The zero-order chi connectivity index (χ0) is 16.4. The molecule has 0 fully saturated rings. The molecule has 1 atom stereocenters. The highest BCUT2D eigenvalue weighted by Gasteiger charge is 2.20. The van der Waals surface area contributed by atoms with Crippen molar-refractivity contribution in [3.05, 3.63) is 0 Å². The second-order valence-corrected chi connectivity index (χ2v) is 5.22. The number of methoxy groups -OCH3 is 1. The third-order valence-electron chi connectivity index (χ3n) is 2.67. The number of hydrogen-bond acceptors (Lipinski definition) is 5. The van der Waals surface area contributed by atoms with Crippen molar-refractivity contribution >= 4 is 23.6 Å². The maximum Gasteiger partial charge on any atom is 0.313 e. The molecule has 0 rings (SSSR count). The summed E-state index contributed by atoms with van der Waals surface area (Å²) in [5.74, 6) is -1.26. The molecule has 0 bridgehead atoms. The molecule has 21 heavy (non-hydrogen) atoms. The monoisotopic (exact) mass is 300 g/mol. The summed E-state index contributed by atoms with van der Waals surface area (Å²) in [6.07, 6.45) is 0.268. The van der Waals surface area contributed by atoms with E-state index in [0.717, 1.165) is 0 Å². The number of carbonyl (C=O) groups is 4. The Bertz CT molecular complexity index is 393. The number of esters is 1. The SMILES string of the molecule is COC(=O)CC(=O)CCNC(=O)[C@H](CC(C)C)NC(C)=O. The molecule has 0 saturated heterocycles. The van der Waals surface area contributed by atoms with Crippen LogP contribution in [0.3, 0.4) is 0 Å². The smallest absolute Gasteiger partial charge is 0.313 e. The topological polar surface area (TPSA) is 102 Å². The number of carbonyl (C=O) groups excluding carboxylic acids is 4. The van der Waals surface area contributed by atoms with Gasteiger partial charge in [-0.25, -0.2) is 0 Å². The molecule has 0 spiro atoms. The number of hydrogen-bond donors (Lipinski definition) is 2. The van der Waals surface area contributed by atoms with Gasteiger partial charge in [0.2, 0.25) is 11.8 Å². The van der Waals surface area contributed by atoms with E-state index < -0.39 is 12.0 Å². The maximum atomic E-state index is 11.9. The van der Waals surface area contributed by atoms with Crippen LogP contribution < -0.4 is 10.6 Å². The predicted molar refractivity (Wildman–Crippen MR) is 76.3 cm³/mol. The molecule has 0 aromatic carbocycles. The number of Topliss-reactive ketones (excluding diaryl/α,β-unsaturated/α-hetero) is 1. The molecule has 0 heterocycles. The summed E-state index contributed by atoms with van der Waals surface area (Å²) >= 11 is 0. The normalized spacial score (nSPS) is 11.7. The molecule has 2 amide bonds. The summed E-state index contributed by atoms with van der Waals surface area (Å²) < 4.78 is 4.38. The van der Waals surface area contributed by atoms with E-state index in [9.17, 15) is 19.2 Å². The minimum absolute atomic E-state index is 0.0509. The second-order valence-electron chi connectivity index (χ2n) is 5.22. The van der Waals surface area contributed by atoms with Gasteiger partial charge in [0.1, 0.15) is 18.2 Å². The van der Waals surface area contributed by atoms with Crippen molar-refractivity contribution in [2.45, 2.75) is 46.1 Å². The third kappa shape index (κ3) is 9.59.